The molecule has 0 unspecified atom stereocenters. The number of fused-ring (bicyclic) bond motifs is 3. The molecule has 0 bridgehead atoms. The molecule has 8 nitrogen and oxygen atoms in total. The lowest BCUT2D eigenvalue weighted by Crippen LogP contribution is -2.40. The maximum absolute atomic E-state index is 13.2. The Bertz CT molecular complexity index is 1450. The molecule has 1 aromatic carbocycles. The second kappa shape index (κ2) is 6.30. The third kappa shape index (κ3) is 2.52. The van der Waals surface area contributed by atoms with Gasteiger partial charge in [-0.1, -0.05) is 12.1 Å². The number of imidazole rings is 2. The summed E-state index contributed by atoms with van der Waals surface area (Å²) in [6.45, 7) is 9.10. The fourth-order valence-corrected chi connectivity index (χ4v) is 3.88. The Morgan fingerprint density at radius 1 is 1.07 bits per heavy atom. The molecule has 0 aliphatic carbocycles. The fourth-order valence-electron chi connectivity index (χ4n) is 3.88. The molecular weight excluding hydrogens is 370 g/mol. The van der Waals surface area contributed by atoms with Crippen molar-refractivity contribution < 1.29 is 4.79 Å². The van der Waals surface area contributed by atoms with E-state index in [0.717, 1.165) is 32.8 Å². The molecule has 0 atom stereocenters. The number of ketones is 1. The van der Waals surface area contributed by atoms with Crippen molar-refractivity contribution in [3.63, 3.8) is 0 Å². The van der Waals surface area contributed by atoms with Crippen LogP contribution in [0, 0.1) is 27.7 Å². The maximum atomic E-state index is 13.2. The predicted molar refractivity (Wildman–Crippen MR) is 111 cm³/mol. The molecule has 0 saturated carbocycles. The van der Waals surface area contributed by atoms with Gasteiger partial charge in [0.05, 0.1) is 12.2 Å². The average molecular weight is 393 g/mol. The van der Waals surface area contributed by atoms with Crippen LogP contribution in [0.3, 0.4) is 0 Å². The van der Waals surface area contributed by atoms with Gasteiger partial charge in [-0.15, -0.1) is 0 Å². The molecule has 3 heterocycles. The molecule has 29 heavy (non-hydrogen) atoms. The van der Waals surface area contributed by atoms with Gasteiger partial charge in [0.2, 0.25) is 5.78 Å². The lowest BCUT2D eigenvalue weighted by Gasteiger charge is -2.11. The van der Waals surface area contributed by atoms with Crippen molar-refractivity contribution in [2.45, 2.75) is 41.2 Å². The van der Waals surface area contributed by atoms with Crippen LogP contribution < -0.4 is 11.2 Å². The molecule has 0 amide bonds. The number of nitrogens with zero attached hydrogens (tertiary/aromatic N) is 5. The van der Waals surface area contributed by atoms with Crippen molar-refractivity contribution in [2.24, 2.45) is 7.05 Å². The highest BCUT2D eigenvalue weighted by molar-refractivity contribution is 5.79. The minimum atomic E-state index is -0.550. The van der Waals surface area contributed by atoms with Crippen molar-refractivity contribution in [1.82, 2.24) is 23.1 Å². The number of hydrogen-bond acceptors (Lipinski definition) is 4. The Labute approximate surface area is 166 Å². The van der Waals surface area contributed by atoms with Crippen molar-refractivity contribution in [1.29, 1.82) is 0 Å². The summed E-state index contributed by atoms with van der Waals surface area (Å²) in [5.74, 6) is 0.307. The summed E-state index contributed by atoms with van der Waals surface area (Å²) in [6.07, 6.45) is 0. The van der Waals surface area contributed by atoms with Crippen LogP contribution in [-0.2, 0) is 18.4 Å². The minimum absolute atomic E-state index is 0.259. The summed E-state index contributed by atoms with van der Waals surface area (Å²) in [5, 5.41) is 0. The van der Waals surface area contributed by atoms with Crippen LogP contribution >= 0.6 is 0 Å². The van der Waals surface area contributed by atoms with Crippen LogP contribution in [-0.4, -0.2) is 28.9 Å². The summed E-state index contributed by atoms with van der Waals surface area (Å²) in [5.41, 5.74) is 4.60. The molecule has 0 fully saturated rings. The van der Waals surface area contributed by atoms with Crippen molar-refractivity contribution in [3.05, 3.63) is 61.6 Å². The third-order valence-electron chi connectivity index (χ3n) is 5.72. The fraction of sp³-hybridized carbons (Fsp3) is 0.333. The van der Waals surface area contributed by atoms with E-state index in [1.54, 1.807) is 11.4 Å². The Hall–Kier alpha value is -3.42. The van der Waals surface area contributed by atoms with Gasteiger partial charge >= 0.3 is 5.69 Å². The number of rotatable bonds is 3. The summed E-state index contributed by atoms with van der Waals surface area (Å²) in [7, 11) is 1.57. The number of aryl methyl sites for hydroxylation is 3. The topological polar surface area (TPSA) is 83.3 Å². The van der Waals surface area contributed by atoms with Gasteiger partial charge in [0, 0.05) is 18.4 Å². The molecule has 0 N–H and O–H groups in total. The van der Waals surface area contributed by atoms with Crippen molar-refractivity contribution in [2.75, 3.05) is 0 Å². The summed E-state index contributed by atoms with van der Waals surface area (Å²) >= 11 is 0. The van der Waals surface area contributed by atoms with Gasteiger partial charge < -0.3 is 0 Å². The van der Waals surface area contributed by atoms with Crippen LogP contribution in [0.25, 0.3) is 22.6 Å². The monoisotopic (exact) mass is 393 g/mol. The van der Waals surface area contributed by atoms with Gasteiger partial charge in [0.1, 0.15) is 5.78 Å². The molecule has 0 aliphatic heterocycles. The van der Waals surface area contributed by atoms with E-state index in [1.807, 2.05) is 50.5 Å². The molecular formula is C21H23N5O3. The largest absolute Gasteiger partial charge is 0.332 e. The van der Waals surface area contributed by atoms with E-state index in [1.165, 1.54) is 11.5 Å². The standard InChI is InChI=1S/C21H23N5O3/c1-11-8-7-9-16(13(11)3)25-14(4)15(5)26-17-18(22-20(25)26)23(6)21(29)24(19(17)28)10-12(2)27/h7-9H,10H2,1-6H3. The molecule has 0 saturated heterocycles. The first-order valence-corrected chi connectivity index (χ1v) is 9.41. The minimum Gasteiger partial charge on any atom is -0.298 e. The van der Waals surface area contributed by atoms with Gasteiger partial charge in [-0.25, -0.2) is 4.79 Å². The second-order valence-corrected chi connectivity index (χ2v) is 7.58. The molecule has 3 aromatic heterocycles. The zero-order valence-corrected chi connectivity index (χ0v) is 17.4. The first-order valence-electron chi connectivity index (χ1n) is 9.41. The Kier molecular flexibility index (Phi) is 4.11. The number of Topliss-reactive ketones (excluding diaryl/α,β-unsaturated/α-hetero) is 1. The molecule has 4 aromatic rings. The lowest BCUT2D eigenvalue weighted by molar-refractivity contribution is -0.117. The zero-order chi connectivity index (χ0) is 21.2. The number of carbonyl (C=O) groups is 1. The van der Waals surface area contributed by atoms with Crippen LogP contribution in [0.2, 0.25) is 0 Å². The molecule has 4 rings (SSSR count). The van der Waals surface area contributed by atoms with Gasteiger partial charge in [-0.05, 0) is 51.8 Å². The lowest BCUT2D eigenvalue weighted by atomic mass is 10.1. The van der Waals surface area contributed by atoms with Crippen molar-refractivity contribution in [3.8, 4) is 5.69 Å². The molecule has 0 spiro atoms. The van der Waals surface area contributed by atoms with E-state index in [4.69, 9.17) is 0 Å². The average Bonchev–Trinajstić information content (AvgIpc) is 3.16. The van der Waals surface area contributed by atoms with Crippen LogP contribution in [0.15, 0.2) is 27.8 Å². The van der Waals surface area contributed by atoms with Gasteiger partial charge in [0.25, 0.3) is 5.56 Å². The molecule has 150 valence electrons. The van der Waals surface area contributed by atoms with E-state index in [2.05, 4.69) is 4.98 Å². The number of benzene rings is 1. The Morgan fingerprint density at radius 3 is 2.41 bits per heavy atom. The van der Waals surface area contributed by atoms with Crippen LogP contribution in [0.4, 0.5) is 0 Å². The highest BCUT2D eigenvalue weighted by atomic mass is 16.2. The summed E-state index contributed by atoms with van der Waals surface area (Å²) in [4.78, 5) is 42.1. The first kappa shape index (κ1) is 18.9. The Balaban J connectivity index is 2.22. The smallest absolute Gasteiger partial charge is 0.298 e. The van der Waals surface area contributed by atoms with Gasteiger partial charge in [-0.3, -0.25) is 27.7 Å². The number of carbonyl (C=O) groups excluding carboxylic acids is 1. The van der Waals surface area contributed by atoms with E-state index in [-0.39, 0.29) is 12.3 Å². The SMILES string of the molecule is CC(=O)Cn1c(=O)c2c(nc3n(-c4cccc(C)c4C)c(C)c(C)n23)n(C)c1=O. The molecule has 0 radical (unpaired) electrons. The number of aromatic nitrogens is 5. The Morgan fingerprint density at radius 2 is 1.76 bits per heavy atom. The highest BCUT2D eigenvalue weighted by Gasteiger charge is 2.24. The first-order chi connectivity index (χ1) is 13.6. The zero-order valence-electron chi connectivity index (χ0n) is 17.4. The van der Waals surface area contributed by atoms with Crippen LogP contribution in [0.5, 0.6) is 0 Å². The van der Waals surface area contributed by atoms with E-state index >= 15 is 0 Å². The third-order valence-corrected chi connectivity index (χ3v) is 5.72. The maximum Gasteiger partial charge on any atom is 0.332 e. The summed E-state index contributed by atoms with van der Waals surface area (Å²) in [6, 6.07) is 6.05. The van der Waals surface area contributed by atoms with Crippen LogP contribution in [0.1, 0.15) is 29.4 Å². The molecule has 0 aliphatic rings. The van der Waals surface area contributed by atoms with E-state index in [0.29, 0.717) is 16.9 Å². The van der Waals surface area contributed by atoms with Gasteiger partial charge in [0.15, 0.2) is 11.2 Å². The quantitative estimate of drug-likeness (QED) is 0.533. The highest BCUT2D eigenvalue weighted by Crippen LogP contribution is 2.27. The summed E-state index contributed by atoms with van der Waals surface area (Å²) < 4.78 is 6.10. The van der Waals surface area contributed by atoms with E-state index in [9.17, 15) is 14.4 Å². The van der Waals surface area contributed by atoms with Gasteiger partial charge in [-0.2, -0.15) is 4.98 Å². The van der Waals surface area contributed by atoms with E-state index < -0.39 is 11.2 Å². The predicted octanol–water partition coefficient (Wildman–Crippen LogP) is 1.96. The molecule has 8 heteroatoms. The number of hydrogen-bond donors (Lipinski definition) is 0. The normalized spacial score (nSPS) is 11.7. The second-order valence-electron chi connectivity index (χ2n) is 7.58. The van der Waals surface area contributed by atoms with Crippen molar-refractivity contribution >= 4 is 22.7 Å².